The number of ether oxygens (including phenoxy) is 1. The van der Waals surface area contributed by atoms with E-state index < -0.39 is 5.97 Å². The Bertz CT molecular complexity index is 374. The predicted molar refractivity (Wildman–Crippen MR) is 64.2 cm³/mol. The number of rotatable bonds is 3. The third-order valence-electron chi connectivity index (χ3n) is 2.94. The van der Waals surface area contributed by atoms with E-state index in [4.69, 9.17) is 9.84 Å². The maximum absolute atomic E-state index is 11.1. The number of aliphatic carboxylic acids is 1. The van der Waals surface area contributed by atoms with E-state index >= 15 is 0 Å². The first-order chi connectivity index (χ1) is 7.72. The van der Waals surface area contributed by atoms with E-state index in [0.29, 0.717) is 5.75 Å². The Morgan fingerprint density at radius 3 is 2.62 bits per heavy atom. The second-order valence-corrected chi connectivity index (χ2v) is 4.94. The Kier molecular flexibility index (Phi) is 3.39. The molecule has 4 heteroatoms. The Balaban J connectivity index is 2.19. The van der Waals surface area contributed by atoms with Crippen LogP contribution in [0.5, 0.6) is 5.75 Å². The lowest BCUT2D eigenvalue weighted by Crippen LogP contribution is -2.20. The molecule has 86 valence electrons. The smallest absolute Gasteiger partial charge is 0.307 e. The third kappa shape index (κ3) is 2.16. The summed E-state index contributed by atoms with van der Waals surface area (Å²) in [7, 11) is 1.63. The van der Waals surface area contributed by atoms with Crippen LogP contribution in [0.1, 0.15) is 11.5 Å². The average molecular weight is 238 g/mol. The quantitative estimate of drug-likeness (QED) is 0.877. The number of benzene rings is 1. The summed E-state index contributed by atoms with van der Waals surface area (Å²) in [5, 5.41) is 9.11. The van der Waals surface area contributed by atoms with Gasteiger partial charge in [0.05, 0.1) is 13.0 Å². The fourth-order valence-electron chi connectivity index (χ4n) is 1.98. The van der Waals surface area contributed by atoms with Crippen LogP contribution in [0.25, 0.3) is 0 Å². The van der Waals surface area contributed by atoms with Gasteiger partial charge >= 0.3 is 5.97 Å². The second kappa shape index (κ2) is 4.78. The van der Waals surface area contributed by atoms with Crippen molar-refractivity contribution in [2.75, 3.05) is 18.6 Å². The van der Waals surface area contributed by atoms with Gasteiger partial charge in [-0.1, -0.05) is 12.1 Å². The predicted octanol–water partition coefficient (Wildman–Crippen LogP) is 2.23. The molecule has 0 unspecified atom stereocenters. The molecule has 1 N–H and O–H groups in total. The minimum Gasteiger partial charge on any atom is -0.497 e. The molecule has 16 heavy (non-hydrogen) atoms. The molecular formula is C12H14O3S. The van der Waals surface area contributed by atoms with Crippen LogP contribution in [0.3, 0.4) is 0 Å². The number of carboxylic acids is 1. The van der Waals surface area contributed by atoms with E-state index in [-0.39, 0.29) is 11.8 Å². The van der Waals surface area contributed by atoms with Crippen molar-refractivity contribution in [3.8, 4) is 5.75 Å². The van der Waals surface area contributed by atoms with Gasteiger partial charge in [0, 0.05) is 17.4 Å². The van der Waals surface area contributed by atoms with Gasteiger partial charge in [0.2, 0.25) is 0 Å². The van der Waals surface area contributed by atoms with Crippen molar-refractivity contribution in [2.24, 2.45) is 5.92 Å². The van der Waals surface area contributed by atoms with E-state index in [1.165, 1.54) is 0 Å². The summed E-state index contributed by atoms with van der Waals surface area (Å²) in [5.74, 6) is 1.61. The first-order valence-corrected chi connectivity index (χ1v) is 6.32. The number of methoxy groups -OCH3 is 1. The summed E-state index contributed by atoms with van der Waals surface area (Å²) in [4.78, 5) is 11.1. The molecule has 0 bridgehead atoms. The monoisotopic (exact) mass is 238 g/mol. The highest BCUT2D eigenvalue weighted by Gasteiger charge is 2.34. The van der Waals surface area contributed by atoms with E-state index in [1.807, 2.05) is 24.3 Å². The molecule has 2 rings (SSSR count). The van der Waals surface area contributed by atoms with Gasteiger partial charge in [0.25, 0.3) is 0 Å². The molecule has 0 spiro atoms. The van der Waals surface area contributed by atoms with Crippen molar-refractivity contribution in [2.45, 2.75) is 5.92 Å². The fourth-order valence-corrected chi connectivity index (χ4v) is 3.42. The maximum Gasteiger partial charge on any atom is 0.307 e. The first kappa shape index (κ1) is 11.3. The van der Waals surface area contributed by atoms with Crippen LogP contribution in [0.15, 0.2) is 24.3 Å². The van der Waals surface area contributed by atoms with E-state index in [2.05, 4.69) is 0 Å². The summed E-state index contributed by atoms with van der Waals surface area (Å²) < 4.78 is 5.08. The van der Waals surface area contributed by atoms with Gasteiger partial charge in [-0.25, -0.2) is 0 Å². The minimum atomic E-state index is -0.689. The molecule has 0 saturated carbocycles. The molecule has 1 aromatic carbocycles. The number of carbonyl (C=O) groups is 1. The summed E-state index contributed by atoms with van der Waals surface area (Å²) in [6.07, 6.45) is 0. The van der Waals surface area contributed by atoms with E-state index in [1.54, 1.807) is 18.9 Å². The van der Waals surface area contributed by atoms with Crippen LogP contribution in [-0.4, -0.2) is 29.7 Å². The normalized spacial score (nSPS) is 24.3. The molecule has 0 radical (unpaired) electrons. The van der Waals surface area contributed by atoms with Gasteiger partial charge in [0.15, 0.2) is 0 Å². The van der Waals surface area contributed by atoms with Crippen molar-refractivity contribution in [3.05, 3.63) is 29.8 Å². The molecule has 1 heterocycles. The molecule has 0 amide bonds. The number of carboxylic acid groups (broad SMARTS) is 1. The lowest BCUT2D eigenvalue weighted by Gasteiger charge is -2.15. The van der Waals surface area contributed by atoms with Crippen molar-refractivity contribution in [3.63, 3.8) is 0 Å². The largest absolute Gasteiger partial charge is 0.497 e. The van der Waals surface area contributed by atoms with E-state index in [9.17, 15) is 4.79 Å². The lowest BCUT2D eigenvalue weighted by atomic mass is 9.89. The van der Waals surface area contributed by atoms with Gasteiger partial charge in [-0.05, 0) is 17.7 Å². The highest BCUT2D eigenvalue weighted by atomic mass is 32.2. The molecule has 0 aliphatic carbocycles. The molecule has 0 aromatic heterocycles. The summed E-state index contributed by atoms with van der Waals surface area (Å²) >= 11 is 1.71. The number of thioether (sulfide) groups is 1. The van der Waals surface area contributed by atoms with Crippen molar-refractivity contribution >= 4 is 17.7 Å². The average Bonchev–Trinajstić information content (AvgIpc) is 2.78. The molecular weight excluding hydrogens is 224 g/mol. The number of hydrogen-bond donors (Lipinski definition) is 1. The summed E-state index contributed by atoms with van der Waals surface area (Å²) in [5.41, 5.74) is 1.10. The molecule has 3 nitrogen and oxygen atoms in total. The molecule has 2 atom stereocenters. The molecule has 1 aliphatic rings. The lowest BCUT2D eigenvalue weighted by molar-refractivity contribution is -0.141. The zero-order valence-electron chi connectivity index (χ0n) is 9.05. The Morgan fingerprint density at radius 2 is 2.06 bits per heavy atom. The van der Waals surface area contributed by atoms with Gasteiger partial charge in [0.1, 0.15) is 5.75 Å². The standard InChI is InChI=1S/C12H14O3S/c1-15-9-4-2-8(3-5-9)10-6-16-7-11(10)12(13)14/h2-5,10-11H,6-7H2,1H3,(H,13,14)/t10-,11-/m1/s1. The van der Waals surface area contributed by atoms with Crippen molar-refractivity contribution in [1.82, 2.24) is 0 Å². The van der Waals surface area contributed by atoms with Crippen LogP contribution < -0.4 is 4.74 Å². The van der Waals surface area contributed by atoms with Crippen LogP contribution in [0.4, 0.5) is 0 Å². The molecule has 1 aromatic rings. The zero-order chi connectivity index (χ0) is 11.5. The van der Waals surface area contributed by atoms with Crippen LogP contribution >= 0.6 is 11.8 Å². The van der Waals surface area contributed by atoms with Crippen LogP contribution in [0, 0.1) is 5.92 Å². The van der Waals surface area contributed by atoms with E-state index in [0.717, 1.165) is 17.1 Å². The molecule has 1 fully saturated rings. The van der Waals surface area contributed by atoms with Crippen LogP contribution in [0.2, 0.25) is 0 Å². The highest BCUT2D eigenvalue weighted by molar-refractivity contribution is 7.99. The maximum atomic E-state index is 11.1. The topological polar surface area (TPSA) is 46.5 Å². The Labute approximate surface area is 98.8 Å². The van der Waals surface area contributed by atoms with Gasteiger partial charge in [-0.3, -0.25) is 4.79 Å². The van der Waals surface area contributed by atoms with Gasteiger partial charge in [-0.15, -0.1) is 0 Å². The molecule has 1 aliphatic heterocycles. The SMILES string of the molecule is COc1ccc([C@H]2CSC[C@H]2C(=O)O)cc1. The fraction of sp³-hybridized carbons (Fsp3) is 0.417. The zero-order valence-corrected chi connectivity index (χ0v) is 9.87. The first-order valence-electron chi connectivity index (χ1n) is 5.17. The van der Waals surface area contributed by atoms with Crippen molar-refractivity contribution in [1.29, 1.82) is 0 Å². The van der Waals surface area contributed by atoms with Gasteiger partial charge < -0.3 is 9.84 Å². The highest BCUT2D eigenvalue weighted by Crippen LogP contribution is 2.38. The third-order valence-corrected chi connectivity index (χ3v) is 4.13. The van der Waals surface area contributed by atoms with Crippen LogP contribution in [-0.2, 0) is 4.79 Å². The molecule has 1 saturated heterocycles. The summed E-state index contributed by atoms with van der Waals surface area (Å²) in [6.45, 7) is 0. The minimum absolute atomic E-state index is 0.133. The summed E-state index contributed by atoms with van der Waals surface area (Å²) in [6, 6.07) is 7.70. The number of hydrogen-bond acceptors (Lipinski definition) is 3. The van der Waals surface area contributed by atoms with Gasteiger partial charge in [-0.2, -0.15) is 11.8 Å². The Morgan fingerprint density at radius 1 is 1.38 bits per heavy atom. The Hall–Kier alpha value is -1.16. The van der Waals surface area contributed by atoms with Crippen molar-refractivity contribution < 1.29 is 14.6 Å². The second-order valence-electron chi connectivity index (χ2n) is 3.86.